The first-order chi connectivity index (χ1) is 12.4. The highest BCUT2D eigenvalue weighted by Crippen LogP contribution is 2.22. The van der Waals surface area contributed by atoms with Crippen molar-refractivity contribution in [1.82, 2.24) is 4.90 Å². The maximum atomic E-state index is 12.8. The van der Waals surface area contributed by atoms with E-state index in [0.29, 0.717) is 18.7 Å². The highest BCUT2D eigenvalue weighted by molar-refractivity contribution is 9.10. The van der Waals surface area contributed by atoms with E-state index >= 15 is 0 Å². The number of carbonyl (C=O) groups excluding carboxylic acids is 1. The van der Waals surface area contributed by atoms with Gasteiger partial charge in [-0.2, -0.15) is 0 Å². The first-order valence-electron chi connectivity index (χ1n) is 8.35. The van der Waals surface area contributed by atoms with Gasteiger partial charge in [0.05, 0.1) is 11.5 Å². The molecule has 0 aromatic heterocycles. The number of sulfone groups is 1. The van der Waals surface area contributed by atoms with E-state index < -0.39 is 9.84 Å². The van der Waals surface area contributed by atoms with Gasteiger partial charge < -0.3 is 9.64 Å². The van der Waals surface area contributed by atoms with Crippen LogP contribution in [-0.4, -0.2) is 43.4 Å². The number of halogens is 1. The van der Waals surface area contributed by atoms with Gasteiger partial charge in [-0.1, -0.05) is 46.3 Å². The fourth-order valence-electron chi connectivity index (χ4n) is 3.02. The molecule has 0 bridgehead atoms. The van der Waals surface area contributed by atoms with Crippen LogP contribution in [0.15, 0.2) is 59.1 Å². The molecule has 1 saturated heterocycles. The standard InChI is InChI=1S/C19H20BrNO4S/c20-16-6-4-5-15(11-16)12-21(17-9-10-26(23,24)14-17)19(22)13-25-18-7-2-1-3-8-18/h1-8,11,17H,9-10,12-14H2/t17-/m0/s1. The van der Waals surface area contributed by atoms with Gasteiger partial charge in [0.1, 0.15) is 5.75 Å². The second-order valence-electron chi connectivity index (χ2n) is 6.31. The molecule has 0 spiro atoms. The van der Waals surface area contributed by atoms with Crippen molar-refractivity contribution < 1.29 is 17.9 Å². The van der Waals surface area contributed by atoms with Crippen LogP contribution in [0.5, 0.6) is 5.75 Å². The minimum Gasteiger partial charge on any atom is -0.484 e. The summed E-state index contributed by atoms with van der Waals surface area (Å²) in [5.41, 5.74) is 0.941. The first kappa shape index (κ1) is 18.9. The lowest BCUT2D eigenvalue weighted by Gasteiger charge is -2.28. The molecule has 2 aromatic carbocycles. The summed E-state index contributed by atoms with van der Waals surface area (Å²) in [5.74, 6) is 0.538. The Kier molecular flexibility index (Phi) is 5.98. The van der Waals surface area contributed by atoms with Gasteiger partial charge in [-0.15, -0.1) is 0 Å². The van der Waals surface area contributed by atoms with E-state index in [4.69, 9.17) is 4.74 Å². The average Bonchev–Trinajstić information content (AvgIpc) is 2.98. The van der Waals surface area contributed by atoms with Crippen molar-refractivity contribution in [2.75, 3.05) is 18.1 Å². The van der Waals surface area contributed by atoms with Crippen LogP contribution >= 0.6 is 15.9 Å². The Morgan fingerprint density at radius 1 is 1.15 bits per heavy atom. The number of rotatable bonds is 6. The molecule has 1 amide bonds. The molecule has 0 N–H and O–H groups in total. The normalized spacial score (nSPS) is 18.4. The quantitative estimate of drug-likeness (QED) is 0.696. The lowest BCUT2D eigenvalue weighted by molar-refractivity contribution is -0.136. The molecular formula is C19H20BrNO4S. The summed E-state index contributed by atoms with van der Waals surface area (Å²) in [5, 5.41) is 0. The number of hydrogen-bond acceptors (Lipinski definition) is 4. The van der Waals surface area contributed by atoms with Crippen molar-refractivity contribution in [1.29, 1.82) is 0 Å². The van der Waals surface area contributed by atoms with E-state index in [1.807, 2.05) is 42.5 Å². The first-order valence-corrected chi connectivity index (χ1v) is 11.0. The molecule has 3 rings (SSSR count). The highest BCUT2D eigenvalue weighted by atomic mass is 79.9. The topological polar surface area (TPSA) is 63.7 Å². The van der Waals surface area contributed by atoms with E-state index in [1.165, 1.54) is 0 Å². The van der Waals surface area contributed by atoms with Gasteiger partial charge in [-0.05, 0) is 36.2 Å². The fourth-order valence-corrected chi connectivity index (χ4v) is 5.20. The summed E-state index contributed by atoms with van der Waals surface area (Å²) < 4.78 is 30.2. The minimum absolute atomic E-state index is 0.0120. The van der Waals surface area contributed by atoms with Crippen LogP contribution < -0.4 is 4.74 Å². The molecule has 0 radical (unpaired) electrons. The molecule has 26 heavy (non-hydrogen) atoms. The van der Waals surface area contributed by atoms with Gasteiger partial charge in [-0.3, -0.25) is 4.79 Å². The van der Waals surface area contributed by atoms with Gasteiger partial charge >= 0.3 is 0 Å². The van der Waals surface area contributed by atoms with Crippen LogP contribution in [0.3, 0.4) is 0 Å². The van der Waals surface area contributed by atoms with Crippen molar-refractivity contribution in [2.45, 2.75) is 19.0 Å². The van der Waals surface area contributed by atoms with Gasteiger partial charge in [0.25, 0.3) is 5.91 Å². The van der Waals surface area contributed by atoms with Gasteiger partial charge in [0, 0.05) is 17.1 Å². The van der Waals surface area contributed by atoms with E-state index in [0.717, 1.165) is 10.0 Å². The SMILES string of the molecule is O=C(COc1ccccc1)N(Cc1cccc(Br)c1)[C@H]1CCS(=O)(=O)C1. The summed E-state index contributed by atoms with van der Waals surface area (Å²) in [4.78, 5) is 14.4. The fraction of sp³-hybridized carbons (Fsp3) is 0.316. The molecule has 0 unspecified atom stereocenters. The Bertz CT molecular complexity index is 870. The lowest BCUT2D eigenvalue weighted by Crippen LogP contribution is -2.43. The highest BCUT2D eigenvalue weighted by Gasteiger charge is 2.34. The van der Waals surface area contributed by atoms with E-state index in [2.05, 4.69) is 15.9 Å². The van der Waals surface area contributed by atoms with Crippen LogP contribution in [0.2, 0.25) is 0 Å². The molecule has 1 aliphatic rings. The van der Waals surface area contributed by atoms with Crippen LogP contribution in [0, 0.1) is 0 Å². The smallest absolute Gasteiger partial charge is 0.261 e. The van der Waals surface area contributed by atoms with E-state index in [-0.39, 0.29) is 30.1 Å². The third-order valence-electron chi connectivity index (χ3n) is 4.32. The third kappa shape index (κ3) is 5.08. The summed E-state index contributed by atoms with van der Waals surface area (Å²) in [6.45, 7) is 0.241. The Balaban J connectivity index is 1.74. The molecule has 5 nitrogen and oxygen atoms in total. The summed E-state index contributed by atoms with van der Waals surface area (Å²) in [6, 6.07) is 16.5. The Hall–Kier alpha value is -1.86. The molecule has 1 heterocycles. The van der Waals surface area contributed by atoms with Crippen molar-refractivity contribution in [3.05, 3.63) is 64.6 Å². The second kappa shape index (κ2) is 8.22. The number of benzene rings is 2. The third-order valence-corrected chi connectivity index (χ3v) is 6.56. The van der Waals surface area contributed by atoms with Gasteiger partial charge in [0.2, 0.25) is 0 Å². The molecule has 0 saturated carbocycles. The summed E-state index contributed by atoms with van der Waals surface area (Å²) in [6.07, 6.45) is 0.466. The Morgan fingerprint density at radius 2 is 1.92 bits per heavy atom. The molecule has 1 aliphatic heterocycles. The summed E-state index contributed by atoms with van der Waals surface area (Å²) >= 11 is 3.43. The molecule has 1 atom stereocenters. The van der Waals surface area contributed by atoms with Crippen LogP contribution in [0.4, 0.5) is 0 Å². The van der Waals surface area contributed by atoms with Crippen molar-refractivity contribution in [3.8, 4) is 5.75 Å². The summed E-state index contributed by atoms with van der Waals surface area (Å²) in [7, 11) is -3.09. The molecule has 7 heteroatoms. The van der Waals surface area contributed by atoms with Crippen LogP contribution in [-0.2, 0) is 21.2 Å². The van der Waals surface area contributed by atoms with Gasteiger partial charge in [-0.25, -0.2) is 8.42 Å². The van der Waals surface area contributed by atoms with Crippen LogP contribution in [0.25, 0.3) is 0 Å². The zero-order valence-corrected chi connectivity index (χ0v) is 16.6. The maximum Gasteiger partial charge on any atom is 0.261 e. The van der Waals surface area contributed by atoms with Crippen molar-refractivity contribution >= 4 is 31.7 Å². The van der Waals surface area contributed by atoms with Crippen molar-refractivity contribution in [3.63, 3.8) is 0 Å². The van der Waals surface area contributed by atoms with Crippen molar-refractivity contribution in [2.24, 2.45) is 0 Å². The number of amides is 1. The molecular weight excluding hydrogens is 418 g/mol. The predicted molar refractivity (Wildman–Crippen MR) is 104 cm³/mol. The van der Waals surface area contributed by atoms with E-state index in [1.54, 1.807) is 17.0 Å². The molecule has 0 aliphatic carbocycles. The number of ether oxygens (including phenoxy) is 1. The molecule has 138 valence electrons. The second-order valence-corrected chi connectivity index (χ2v) is 9.45. The minimum atomic E-state index is -3.09. The van der Waals surface area contributed by atoms with Crippen LogP contribution in [0.1, 0.15) is 12.0 Å². The molecule has 2 aromatic rings. The Labute approximate surface area is 162 Å². The maximum absolute atomic E-state index is 12.8. The monoisotopic (exact) mass is 437 g/mol. The predicted octanol–water partition coefficient (Wildman–Crippen LogP) is 3.04. The number of hydrogen-bond donors (Lipinski definition) is 0. The number of para-hydroxylation sites is 1. The largest absolute Gasteiger partial charge is 0.484 e. The Morgan fingerprint density at radius 3 is 2.58 bits per heavy atom. The zero-order chi connectivity index (χ0) is 18.6. The zero-order valence-electron chi connectivity index (χ0n) is 14.2. The lowest BCUT2D eigenvalue weighted by atomic mass is 10.1. The average molecular weight is 438 g/mol. The van der Waals surface area contributed by atoms with Gasteiger partial charge in [0.15, 0.2) is 16.4 Å². The number of carbonyl (C=O) groups is 1. The molecule has 1 fully saturated rings. The number of nitrogens with zero attached hydrogens (tertiary/aromatic N) is 1. The van der Waals surface area contributed by atoms with E-state index in [9.17, 15) is 13.2 Å².